The van der Waals surface area contributed by atoms with Crippen LogP contribution in [0.4, 0.5) is 0 Å². The Hall–Kier alpha value is -4.13. The summed E-state index contributed by atoms with van der Waals surface area (Å²) in [7, 11) is 0. The number of aromatic nitrogens is 1. The molecule has 0 radical (unpaired) electrons. The van der Waals surface area contributed by atoms with Crippen LogP contribution < -0.4 is 5.32 Å². The van der Waals surface area contributed by atoms with Crippen LogP contribution in [0.1, 0.15) is 56.0 Å². The number of nitrogens with one attached hydrogen (secondary N) is 1. The molecule has 1 aromatic heterocycles. The quantitative estimate of drug-likeness (QED) is 0.485. The summed E-state index contributed by atoms with van der Waals surface area (Å²) in [6.07, 6.45) is 1.51. The van der Waals surface area contributed by atoms with Crippen molar-refractivity contribution in [3.63, 3.8) is 0 Å². The van der Waals surface area contributed by atoms with Crippen molar-refractivity contribution in [1.29, 1.82) is 0 Å². The number of rotatable bonds is 5. The highest BCUT2D eigenvalue weighted by Gasteiger charge is 2.43. The minimum atomic E-state index is -0.841. The first-order valence-electron chi connectivity index (χ1n) is 10.8. The minimum absolute atomic E-state index is 0.0932. The van der Waals surface area contributed by atoms with Crippen LogP contribution in [0.3, 0.4) is 0 Å². The molecule has 0 aliphatic carbocycles. The third kappa shape index (κ3) is 3.71. The lowest BCUT2D eigenvalue weighted by atomic mass is 10.0. The van der Waals surface area contributed by atoms with E-state index in [1.807, 2.05) is 30.3 Å². The Labute approximate surface area is 190 Å². The Morgan fingerprint density at radius 2 is 1.82 bits per heavy atom. The number of amides is 3. The second kappa shape index (κ2) is 8.09. The van der Waals surface area contributed by atoms with Crippen LogP contribution in [0.5, 0.6) is 0 Å². The molecule has 164 valence electrons. The van der Waals surface area contributed by atoms with Crippen molar-refractivity contribution >= 4 is 34.4 Å². The molecule has 1 fully saturated rings. The Bertz CT molecular complexity index is 1360. The lowest BCUT2D eigenvalue weighted by Gasteiger charge is -2.29. The van der Waals surface area contributed by atoms with E-state index >= 15 is 0 Å². The number of benzene rings is 2. The lowest BCUT2D eigenvalue weighted by Crippen LogP contribution is -2.51. The van der Waals surface area contributed by atoms with Crippen molar-refractivity contribution in [3.8, 4) is 0 Å². The van der Waals surface area contributed by atoms with E-state index in [4.69, 9.17) is 0 Å². The Morgan fingerprint density at radius 3 is 2.64 bits per heavy atom. The van der Waals surface area contributed by atoms with Crippen LogP contribution in [0.25, 0.3) is 10.9 Å². The second-order valence-electron chi connectivity index (χ2n) is 8.32. The molecule has 2 aliphatic heterocycles. The minimum Gasteiger partial charge on any atom is -0.329 e. The van der Waals surface area contributed by atoms with Gasteiger partial charge in [-0.3, -0.25) is 24.1 Å². The number of Topliss-reactive ketones (excluding diaryl/α,β-unsaturated/α-hetero) is 1. The predicted octanol–water partition coefficient (Wildman–Crippen LogP) is 3.44. The molecule has 1 atom stereocenters. The van der Waals surface area contributed by atoms with Crippen molar-refractivity contribution in [2.24, 2.45) is 0 Å². The van der Waals surface area contributed by atoms with Crippen LogP contribution in [-0.4, -0.2) is 39.4 Å². The number of aryl methyl sites for hydroxylation is 1. The van der Waals surface area contributed by atoms with Gasteiger partial charge in [0, 0.05) is 17.5 Å². The summed E-state index contributed by atoms with van der Waals surface area (Å²) in [5.41, 5.74) is 3.07. The highest BCUT2D eigenvalue weighted by molar-refractivity contribution is 6.23. The molecule has 3 amide bonds. The number of hydrogen-bond donors (Lipinski definition) is 1. The van der Waals surface area contributed by atoms with Crippen LogP contribution in [0.15, 0.2) is 66.9 Å². The molecule has 2 aromatic carbocycles. The van der Waals surface area contributed by atoms with Crippen molar-refractivity contribution in [2.45, 2.75) is 31.7 Å². The summed E-state index contributed by atoms with van der Waals surface area (Å²) in [6.45, 7) is 3.73. The van der Waals surface area contributed by atoms with Gasteiger partial charge < -0.3 is 5.32 Å². The summed E-state index contributed by atoms with van der Waals surface area (Å²) < 4.78 is 0. The van der Waals surface area contributed by atoms with Gasteiger partial charge in [0.05, 0.1) is 16.6 Å². The number of piperidine rings is 1. The van der Waals surface area contributed by atoms with Crippen LogP contribution in [-0.2, 0) is 11.2 Å². The third-order valence-corrected chi connectivity index (χ3v) is 6.14. The summed E-state index contributed by atoms with van der Waals surface area (Å²) >= 11 is 0. The molecule has 0 spiro atoms. The SMILES string of the molecule is C=C1CCC(N2C(=O)c3ccc(CCC(=O)c4ccc5ccccc5n4)cc3C2=O)C(=O)N1. The maximum atomic E-state index is 13.0. The van der Waals surface area contributed by atoms with E-state index in [9.17, 15) is 19.2 Å². The lowest BCUT2D eigenvalue weighted by molar-refractivity contribution is -0.125. The molecule has 3 heterocycles. The van der Waals surface area contributed by atoms with Gasteiger partial charge in [-0.25, -0.2) is 4.98 Å². The molecule has 1 unspecified atom stereocenters. The summed E-state index contributed by atoms with van der Waals surface area (Å²) in [6, 6.07) is 15.4. The smallest absolute Gasteiger partial charge is 0.262 e. The number of imide groups is 1. The van der Waals surface area contributed by atoms with Crippen molar-refractivity contribution < 1.29 is 19.2 Å². The van der Waals surface area contributed by atoms with Gasteiger partial charge >= 0.3 is 0 Å². The average Bonchev–Trinajstić information content (AvgIpc) is 3.07. The monoisotopic (exact) mass is 439 g/mol. The number of hydrogen-bond acceptors (Lipinski definition) is 5. The van der Waals surface area contributed by atoms with Crippen LogP contribution >= 0.6 is 0 Å². The molecule has 1 N–H and O–H groups in total. The molecule has 0 bridgehead atoms. The maximum absolute atomic E-state index is 13.0. The fourth-order valence-corrected chi connectivity index (χ4v) is 4.36. The van der Waals surface area contributed by atoms with Crippen LogP contribution in [0.2, 0.25) is 0 Å². The van der Waals surface area contributed by atoms with Gasteiger partial charge in [-0.2, -0.15) is 0 Å². The number of para-hydroxylation sites is 1. The number of carbonyl (C=O) groups excluding carboxylic acids is 4. The molecule has 1 saturated heterocycles. The maximum Gasteiger partial charge on any atom is 0.262 e. The highest BCUT2D eigenvalue weighted by Crippen LogP contribution is 2.29. The van der Waals surface area contributed by atoms with Gasteiger partial charge in [-0.1, -0.05) is 36.9 Å². The predicted molar refractivity (Wildman–Crippen MR) is 122 cm³/mol. The standard InChI is InChI=1S/C26H21N3O4/c1-15-6-12-22(24(31)27-15)29-25(32)18-10-7-16(14-19(18)26(29)33)8-13-23(30)21-11-9-17-4-2-3-5-20(17)28-21/h2-5,7,9-11,14,22H,1,6,8,12-13H2,(H,27,31). The highest BCUT2D eigenvalue weighted by atomic mass is 16.2. The number of fused-ring (bicyclic) bond motifs is 2. The van der Waals surface area contributed by atoms with E-state index in [-0.39, 0.29) is 23.3 Å². The molecule has 0 saturated carbocycles. The second-order valence-corrected chi connectivity index (χ2v) is 8.32. The van der Waals surface area contributed by atoms with Gasteiger partial charge in [0.15, 0.2) is 5.78 Å². The summed E-state index contributed by atoms with van der Waals surface area (Å²) in [4.78, 5) is 56.3. The average molecular weight is 439 g/mol. The molecule has 33 heavy (non-hydrogen) atoms. The Morgan fingerprint density at radius 1 is 1.03 bits per heavy atom. The van der Waals surface area contributed by atoms with Gasteiger partial charge in [0.1, 0.15) is 11.7 Å². The van der Waals surface area contributed by atoms with Gasteiger partial charge in [0.25, 0.3) is 11.8 Å². The fraction of sp³-hybridized carbons (Fsp3) is 0.192. The van der Waals surface area contributed by atoms with E-state index < -0.39 is 23.8 Å². The molecular formula is C26H21N3O4. The third-order valence-electron chi connectivity index (χ3n) is 6.14. The van der Waals surface area contributed by atoms with E-state index in [2.05, 4.69) is 16.9 Å². The first-order valence-corrected chi connectivity index (χ1v) is 10.8. The van der Waals surface area contributed by atoms with E-state index in [1.54, 1.807) is 24.3 Å². The molecule has 7 nitrogen and oxygen atoms in total. The normalized spacial score (nSPS) is 17.9. The zero-order chi connectivity index (χ0) is 23.1. The zero-order valence-corrected chi connectivity index (χ0v) is 17.8. The summed E-state index contributed by atoms with van der Waals surface area (Å²) in [5, 5.41) is 3.59. The summed E-state index contributed by atoms with van der Waals surface area (Å²) in [5.74, 6) is -1.43. The van der Waals surface area contributed by atoms with Gasteiger partial charge in [-0.05, 0) is 49.1 Å². The van der Waals surface area contributed by atoms with Crippen molar-refractivity contribution in [1.82, 2.24) is 15.2 Å². The Balaban J connectivity index is 1.31. The number of ketones is 1. The van der Waals surface area contributed by atoms with E-state index in [0.29, 0.717) is 30.7 Å². The largest absolute Gasteiger partial charge is 0.329 e. The molecule has 3 aromatic rings. The van der Waals surface area contributed by atoms with E-state index in [0.717, 1.165) is 21.4 Å². The van der Waals surface area contributed by atoms with E-state index in [1.165, 1.54) is 0 Å². The molecule has 2 aliphatic rings. The van der Waals surface area contributed by atoms with Crippen molar-refractivity contribution in [3.05, 3.63) is 89.3 Å². The first kappa shape index (κ1) is 20.8. The fourth-order valence-electron chi connectivity index (χ4n) is 4.36. The number of allylic oxidation sites excluding steroid dienone is 1. The van der Waals surface area contributed by atoms with Crippen molar-refractivity contribution in [2.75, 3.05) is 0 Å². The zero-order valence-electron chi connectivity index (χ0n) is 17.8. The first-order chi connectivity index (χ1) is 15.9. The molecule has 7 heteroatoms. The number of nitrogens with zero attached hydrogens (tertiary/aromatic N) is 2. The molecule has 5 rings (SSSR count). The van der Waals surface area contributed by atoms with Gasteiger partial charge in [0.2, 0.25) is 5.91 Å². The van der Waals surface area contributed by atoms with Gasteiger partial charge in [-0.15, -0.1) is 0 Å². The van der Waals surface area contributed by atoms with Crippen LogP contribution in [0, 0.1) is 0 Å². The topological polar surface area (TPSA) is 96.4 Å². The number of pyridine rings is 1. The number of carbonyl (C=O) groups is 4. The molecular weight excluding hydrogens is 418 g/mol. The Kier molecular flexibility index (Phi) is 5.09.